The van der Waals surface area contributed by atoms with Crippen LogP contribution in [0.4, 0.5) is 19.1 Å². The topological polar surface area (TPSA) is 93.5 Å². The molecule has 2 aromatic rings. The van der Waals surface area contributed by atoms with Crippen molar-refractivity contribution in [3.8, 4) is 11.5 Å². The van der Waals surface area contributed by atoms with E-state index in [-0.39, 0.29) is 5.89 Å². The summed E-state index contributed by atoms with van der Waals surface area (Å²) < 4.78 is 46.1. The molecule has 2 rings (SSSR count). The van der Waals surface area contributed by atoms with Crippen LogP contribution in [0, 0.1) is 0 Å². The lowest BCUT2D eigenvalue weighted by atomic mass is 10.2. The van der Waals surface area contributed by atoms with E-state index in [2.05, 4.69) is 9.72 Å². The fourth-order valence-electron chi connectivity index (χ4n) is 1.53. The summed E-state index contributed by atoms with van der Waals surface area (Å²) in [5.74, 6) is -3.71. The van der Waals surface area contributed by atoms with Crippen molar-refractivity contribution in [2.75, 3.05) is 12.5 Å². The first-order chi connectivity index (χ1) is 10.8. The highest BCUT2D eigenvalue weighted by Gasteiger charge is 2.39. The van der Waals surface area contributed by atoms with Crippen molar-refractivity contribution in [2.45, 2.75) is 6.18 Å². The van der Waals surface area contributed by atoms with Crippen LogP contribution in [-0.2, 0) is 9.53 Å². The van der Waals surface area contributed by atoms with Gasteiger partial charge in [0.25, 0.3) is 0 Å². The molecule has 0 aliphatic carbocycles. The van der Waals surface area contributed by atoms with Crippen LogP contribution in [-0.4, -0.2) is 30.1 Å². The number of anilines is 1. The summed E-state index contributed by atoms with van der Waals surface area (Å²) in [6, 6.07) is 8.32. The molecule has 0 saturated carbocycles. The Kier molecular flexibility index (Phi) is 4.53. The van der Waals surface area contributed by atoms with E-state index in [1.807, 2.05) is 5.43 Å². The number of hydrogen-bond donors (Lipinski definition) is 2. The molecule has 0 bridgehead atoms. The zero-order chi connectivity index (χ0) is 17.0. The standard InChI is InChI=1S/C13H10F3N3O4/c1-22-11(20)8-10(18-19-12(21)13(14,15)16)23-9(17-8)7-5-3-2-4-6-7/h2-6,18H,1H3,(H,19,21). The minimum atomic E-state index is -5.10. The number of halogens is 3. The first-order valence-electron chi connectivity index (χ1n) is 6.10. The van der Waals surface area contributed by atoms with Gasteiger partial charge >= 0.3 is 18.1 Å². The highest BCUT2D eigenvalue weighted by molar-refractivity contribution is 5.93. The molecule has 0 saturated heterocycles. The number of ether oxygens (including phenoxy) is 1. The van der Waals surface area contributed by atoms with Gasteiger partial charge in [-0.2, -0.15) is 18.2 Å². The molecule has 0 radical (unpaired) electrons. The number of oxazole rings is 1. The summed E-state index contributed by atoms with van der Waals surface area (Å²) in [6.07, 6.45) is -5.10. The van der Waals surface area contributed by atoms with Crippen LogP contribution in [0.3, 0.4) is 0 Å². The van der Waals surface area contributed by atoms with Gasteiger partial charge in [0, 0.05) is 5.56 Å². The van der Waals surface area contributed by atoms with E-state index in [4.69, 9.17) is 4.42 Å². The van der Waals surface area contributed by atoms with Crippen molar-refractivity contribution in [2.24, 2.45) is 0 Å². The van der Waals surface area contributed by atoms with Gasteiger partial charge in [-0.15, -0.1) is 0 Å². The highest BCUT2D eigenvalue weighted by Crippen LogP contribution is 2.26. The van der Waals surface area contributed by atoms with Crippen LogP contribution in [0.5, 0.6) is 0 Å². The van der Waals surface area contributed by atoms with Crippen LogP contribution in [0.2, 0.25) is 0 Å². The molecule has 0 aliphatic rings. The van der Waals surface area contributed by atoms with Gasteiger partial charge < -0.3 is 9.15 Å². The van der Waals surface area contributed by atoms with Gasteiger partial charge in [-0.1, -0.05) is 18.2 Å². The van der Waals surface area contributed by atoms with Crippen molar-refractivity contribution >= 4 is 17.8 Å². The van der Waals surface area contributed by atoms with Crippen LogP contribution in [0.1, 0.15) is 10.5 Å². The van der Waals surface area contributed by atoms with Crippen LogP contribution in [0.15, 0.2) is 34.7 Å². The van der Waals surface area contributed by atoms with E-state index in [1.54, 1.807) is 30.3 Å². The molecule has 122 valence electrons. The molecule has 7 nitrogen and oxygen atoms in total. The molecule has 0 fully saturated rings. The van der Waals surface area contributed by atoms with Gasteiger partial charge in [0.05, 0.1) is 7.11 Å². The monoisotopic (exact) mass is 329 g/mol. The van der Waals surface area contributed by atoms with Crippen molar-refractivity contribution in [3.63, 3.8) is 0 Å². The van der Waals surface area contributed by atoms with Gasteiger partial charge in [0.1, 0.15) is 0 Å². The Morgan fingerprint density at radius 1 is 1.22 bits per heavy atom. The average molecular weight is 329 g/mol. The Morgan fingerprint density at radius 2 is 1.87 bits per heavy atom. The number of alkyl halides is 3. The summed E-state index contributed by atoms with van der Waals surface area (Å²) in [6.45, 7) is 0. The molecule has 1 heterocycles. The normalized spacial score (nSPS) is 11.0. The van der Waals surface area contributed by atoms with E-state index in [1.165, 1.54) is 5.43 Å². The Hall–Kier alpha value is -3.04. The smallest absolute Gasteiger partial charge is 0.464 e. The zero-order valence-electron chi connectivity index (χ0n) is 11.6. The largest absolute Gasteiger partial charge is 0.472 e. The second-order valence-electron chi connectivity index (χ2n) is 4.13. The van der Waals surface area contributed by atoms with E-state index in [0.717, 1.165) is 7.11 Å². The molecule has 0 aliphatic heterocycles. The molecule has 10 heteroatoms. The molecule has 23 heavy (non-hydrogen) atoms. The number of nitrogens with one attached hydrogen (secondary N) is 2. The molecule has 0 atom stereocenters. The number of amides is 1. The van der Waals surface area contributed by atoms with Gasteiger partial charge in [-0.3, -0.25) is 15.6 Å². The minimum absolute atomic E-state index is 0.0326. The highest BCUT2D eigenvalue weighted by atomic mass is 19.4. The lowest BCUT2D eigenvalue weighted by Crippen LogP contribution is -2.40. The van der Waals surface area contributed by atoms with Crippen molar-refractivity contribution in [1.82, 2.24) is 10.4 Å². The Balaban J connectivity index is 2.29. The SMILES string of the molecule is COC(=O)c1nc(-c2ccccc2)oc1NNC(=O)C(F)(F)F. The maximum Gasteiger partial charge on any atom is 0.472 e. The van der Waals surface area contributed by atoms with Gasteiger partial charge in [-0.05, 0) is 12.1 Å². The first-order valence-corrected chi connectivity index (χ1v) is 6.10. The van der Waals surface area contributed by atoms with Gasteiger partial charge in [0.15, 0.2) is 0 Å². The summed E-state index contributed by atoms with van der Waals surface area (Å²) in [7, 11) is 1.07. The quantitative estimate of drug-likeness (QED) is 0.659. The summed E-state index contributed by atoms with van der Waals surface area (Å²) >= 11 is 0. The number of nitrogens with zero attached hydrogens (tertiary/aromatic N) is 1. The van der Waals surface area contributed by atoms with E-state index < -0.39 is 29.6 Å². The lowest BCUT2D eigenvalue weighted by molar-refractivity contribution is -0.173. The molecular formula is C13H10F3N3O4. The second-order valence-corrected chi connectivity index (χ2v) is 4.13. The Morgan fingerprint density at radius 3 is 2.43 bits per heavy atom. The van der Waals surface area contributed by atoms with E-state index in [9.17, 15) is 22.8 Å². The number of hydrazine groups is 1. The third-order valence-corrected chi connectivity index (χ3v) is 2.57. The van der Waals surface area contributed by atoms with Crippen LogP contribution >= 0.6 is 0 Å². The molecule has 0 unspecified atom stereocenters. The number of rotatable bonds is 4. The second kappa shape index (κ2) is 6.38. The summed E-state index contributed by atoms with van der Waals surface area (Å²) in [5.41, 5.74) is 3.31. The number of methoxy groups -OCH3 is 1. The van der Waals surface area contributed by atoms with E-state index in [0.29, 0.717) is 5.56 Å². The lowest BCUT2D eigenvalue weighted by Gasteiger charge is -2.08. The minimum Gasteiger partial charge on any atom is -0.464 e. The predicted octanol–water partition coefficient (Wildman–Crippen LogP) is 2.13. The van der Waals surface area contributed by atoms with Crippen molar-refractivity contribution in [3.05, 3.63) is 36.0 Å². The molecule has 1 aromatic carbocycles. The van der Waals surface area contributed by atoms with Crippen molar-refractivity contribution in [1.29, 1.82) is 0 Å². The number of carbonyl (C=O) groups is 2. The number of aromatic nitrogens is 1. The average Bonchev–Trinajstić information content (AvgIpc) is 2.96. The number of carbonyl (C=O) groups excluding carboxylic acids is 2. The maximum absolute atomic E-state index is 12.2. The Labute approximate surface area is 127 Å². The van der Waals surface area contributed by atoms with Crippen LogP contribution < -0.4 is 10.9 Å². The van der Waals surface area contributed by atoms with E-state index >= 15 is 0 Å². The first kappa shape index (κ1) is 16.3. The molecule has 2 N–H and O–H groups in total. The zero-order valence-corrected chi connectivity index (χ0v) is 11.6. The molecule has 1 aromatic heterocycles. The number of esters is 1. The summed E-state index contributed by atoms with van der Waals surface area (Å²) in [5, 5.41) is 0. The number of hydrogen-bond acceptors (Lipinski definition) is 6. The maximum atomic E-state index is 12.2. The molecule has 0 spiro atoms. The fourth-order valence-corrected chi connectivity index (χ4v) is 1.53. The van der Waals surface area contributed by atoms with Gasteiger partial charge in [-0.25, -0.2) is 4.79 Å². The third kappa shape index (κ3) is 3.78. The summed E-state index contributed by atoms with van der Waals surface area (Å²) in [4.78, 5) is 26.2. The van der Waals surface area contributed by atoms with Crippen molar-refractivity contribution < 1.29 is 31.9 Å². The number of benzene rings is 1. The Bertz CT molecular complexity index is 713. The predicted molar refractivity (Wildman–Crippen MR) is 71.1 cm³/mol. The molecule has 1 amide bonds. The fraction of sp³-hybridized carbons (Fsp3) is 0.154. The molecular weight excluding hydrogens is 319 g/mol. The van der Waals surface area contributed by atoms with Gasteiger partial charge in [0.2, 0.25) is 17.5 Å². The third-order valence-electron chi connectivity index (χ3n) is 2.57. The van der Waals surface area contributed by atoms with Crippen LogP contribution in [0.25, 0.3) is 11.5 Å².